The van der Waals surface area contributed by atoms with Crippen molar-refractivity contribution >= 4 is 5.69 Å². The Morgan fingerprint density at radius 2 is 1.90 bits per heavy atom. The van der Waals surface area contributed by atoms with Gasteiger partial charge >= 0.3 is 0 Å². The zero-order valence-corrected chi connectivity index (χ0v) is 13.8. The summed E-state index contributed by atoms with van der Waals surface area (Å²) in [5.74, 6) is 0.388. The van der Waals surface area contributed by atoms with Gasteiger partial charge in [-0.1, -0.05) is 26.0 Å². The minimum absolute atomic E-state index is 0.0265. The van der Waals surface area contributed by atoms with E-state index in [2.05, 4.69) is 51.8 Å². The maximum atomic E-state index is 14.3. The molecule has 0 amide bonds. The minimum Gasteiger partial charge on any atom is -0.369 e. The van der Waals surface area contributed by atoms with E-state index in [0.717, 1.165) is 24.3 Å². The first kappa shape index (κ1) is 17.0. The molecule has 20 heavy (non-hydrogen) atoms. The number of nitrogens with one attached hydrogen (secondary N) is 1. The third kappa shape index (κ3) is 5.12. The Labute approximate surface area is 123 Å². The van der Waals surface area contributed by atoms with Gasteiger partial charge in [-0.05, 0) is 45.2 Å². The van der Waals surface area contributed by atoms with Gasteiger partial charge in [-0.2, -0.15) is 0 Å². The van der Waals surface area contributed by atoms with Gasteiger partial charge in [0.25, 0.3) is 0 Å². The number of benzene rings is 1. The lowest BCUT2D eigenvalue weighted by Gasteiger charge is -2.29. The Morgan fingerprint density at radius 1 is 1.25 bits per heavy atom. The van der Waals surface area contributed by atoms with Crippen molar-refractivity contribution in [2.24, 2.45) is 5.92 Å². The number of nitrogens with zero attached hydrogens (tertiary/aromatic N) is 1. The van der Waals surface area contributed by atoms with Crippen LogP contribution in [-0.4, -0.2) is 18.6 Å². The van der Waals surface area contributed by atoms with Crippen molar-refractivity contribution in [2.45, 2.75) is 53.6 Å². The predicted molar refractivity (Wildman–Crippen MR) is 85.7 cm³/mol. The smallest absolute Gasteiger partial charge is 0.146 e. The molecule has 0 aliphatic heterocycles. The topological polar surface area (TPSA) is 15.3 Å². The van der Waals surface area contributed by atoms with Crippen LogP contribution in [0.2, 0.25) is 0 Å². The number of anilines is 1. The summed E-state index contributed by atoms with van der Waals surface area (Å²) in [5, 5.41) is 3.44. The van der Waals surface area contributed by atoms with E-state index in [1.165, 1.54) is 0 Å². The first-order chi connectivity index (χ1) is 9.24. The Bertz CT molecular complexity index is 421. The van der Waals surface area contributed by atoms with E-state index in [1.54, 1.807) is 12.1 Å². The molecule has 0 aliphatic carbocycles. The van der Waals surface area contributed by atoms with Gasteiger partial charge in [0.2, 0.25) is 0 Å². The van der Waals surface area contributed by atoms with Crippen LogP contribution in [0, 0.1) is 11.7 Å². The van der Waals surface area contributed by atoms with Gasteiger partial charge in [0.15, 0.2) is 0 Å². The molecule has 2 nitrogen and oxygen atoms in total. The maximum absolute atomic E-state index is 14.3. The molecule has 0 unspecified atom stereocenters. The van der Waals surface area contributed by atoms with Crippen molar-refractivity contribution in [1.82, 2.24) is 5.32 Å². The normalized spacial score (nSPS) is 12.0. The molecule has 0 radical (unpaired) electrons. The molecule has 0 saturated heterocycles. The molecule has 0 aromatic heterocycles. The summed E-state index contributed by atoms with van der Waals surface area (Å²) in [6.45, 7) is 15.2. The molecular weight excluding hydrogens is 251 g/mol. The lowest BCUT2D eigenvalue weighted by Crippen LogP contribution is -2.36. The molecule has 0 aliphatic rings. The van der Waals surface area contributed by atoms with Crippen LogP contribution in [0.1, 0.15) is 47.1 Å². The Balaban J connectivity index is 3.03. The van der Waals surface area contributed by atoms with Crippen LogP contribution >= 0.6 is 0 Å². The van der Waals surface area contributed by atoms with E-state index in [9.17, 15) is 4.39 Å². The highest BCUT2D eigenvalue weighted by Crippen LogP contribution is 2.25. The maximum Gasteiger partial charge on any atom is 0.146 e. The van der Waals surface area contributed by atoms with Gasteiger partial charge in [0.1, 0.15) is 5.82 Å². The van der Waals surface area contributed by atoms with Crippen molar-refractivity contribution in [2.75, 3.05) is 18.0 Å². The van der Waals surface area contributed by atoms with Gasteiger partial charge in [-0.25, -0.2) is 4.39 Å². The molecule has 1 aromatic carbocycles. The molecular formula is C17H29FN2. The summed E-state index contributed by atoms with van der Waals surface area (Å²) in [4.78, 5) is 2.14. The largest absolute Gasteiger partial charge is 0.369 e. The van der Waals surface area contributed by atoms with Gasteiger partial charge in [-0.15, -0.1) is 0 Å². The standard InChI is InChI=1S/C17H29FN2/c1-7-20(12-13(2)3)16-14(9-8-10-15(16)18)11-19-17(4,5)6/h8-10,13,19H,7,11-12H2,1-6H3. The third-order valence-corrected chi connectivity index (χ3v) is 3.16. The van der Waals surface area contributed by atoms with Crippen molar-refractivity contribution < 1.29 is 4.39 Å². The van der Waals surface area contributed by atoms with Crippen LogP contribution in [0.3, 0.4) is 0 Å². The zero-order valence-electron chi connectivity index (χ0n) is 13.8. The summed E-state index contributed by atoms with van der Waals surface area (Å²) < 4.78 is 14.3. The summed E-state index contributed by atoms with van der Waals surface area (Å²) >= 11 is 0. The first-order valence-corrected chi connectivity index (χ1v) is 7.52. The van der Waals surface area contributed by atoms with Crippen molar-refractivity contribution in [3.05, 3.63) is 29.6 Å². The van der Waals surface area contributed by atoms with E-state index in [4.69, 9.17) is 0 Å². The van der Waals surface area contributed by atoms with E-state index in [1.807, 2.05) is 6.07 Å². The van der Waals surface area contributed by atoms with Gasteiger partial charge in [0, 0.05) is 25.2 Å². The molecule has 0 fully saturated rings. The highest BCUT2D eigenvalue weighted by atomic mass is 19.1. The molecule has 114 valence electrons. The highest BCUT2D eigenvalue weighted by molar-refractivity contribution is 5.55. The van der Waals surface area contributed by atoms with Crippen LogP contribution in [-0.2, 0) is 6.54 Å². The second kappa shape index (κ2) is 7.07. The van der Waals surface area contributed by atoms with Crippen molar-refractivity contribution in [3.63, 3.8) is 0 Å². The Hall–Kier alpha value is -1.09. The zero-order chi connectivity index (χ0) is 15.3. The van der Waals surface area contributed by atoms with E-state index >= 15 is 0 Å². The van der Waals surface area contributed by atoms with Crippen LogP contribution in [0.5, 0.6) is 0 Å². The minimum atomic E-state index is -0.124. The SMILES string of the molecule is CCN(CC(C)C)c1c(F)cccc1CNC(C)(C)C. The number of para-hydroxylation sites is 1. The predicted octanol–water partition coefficient (Wildman–Crippen LogP) is 4.20. The summed E-state index contributed by atoms with van der Waals surface area (Å²) in [7, 11) is 0. The van der Waals surface area contributed by atoms with Crippen LogP contribution in [0.4, 0.5) is 10.1 Å². The monoisotopic (exact) mass is 280 g/mol. The first-order valence-electron chi connectivity index (χ1n) is 7.52. The molecule has 1 N–H and O–H groups in total. The van der Waals surface area contributed by atoms with Crippen LogP contribution < -0.4 is 10.2 Å². The third-order valence-electron chi connectivity index (χ3n) is 3.16. The van der Waals surface area contributed by atoms with Crippen LogP contribution in [0.15, 0.2) is 18.2 Å². The average molecular weight is 280 g/mol. The molecule has 0 saturated carbocycles. The molecule has 0 heterocycles. The molecule has 1 rings (SSSR count). The van der Waals surface area contributed by atoms with Gasteiger partial charge < -0.3 is 10.2 Å². The number of hydrogen-bond donors (Lipinski definition) is 1. The fourth-order valence-electron chi connectivity index (χ4n) is 2.24. The Morgan fingerprint density at radius 3 is 2.40 bits per heavy atom. The summed E-state index contributed by atoms with van der Waals surface area (Å²) in [6, 6.07) is 5.36. The van der Waals surface area contributed by atoms with Crippen molar-refractivity contribution in [3.8, 4) is 0 Å². The molecule has 3 heteroatoms. The molecule has 0 bridgehead atoms. The van der Waals surface area contributed by atoms with Crippen molar-refractivity contribution in [1.29, 1.82) is 0 Å². The van der Waals surface area contributed by atoms with E-state index < -0.39 is 0 Å². The highest BCUT2D eigenvalue weighted by Gasteiger charge is 2.17. The summed E-state index contributed by atoms with van der Waals surface area (Å²) in [5.41, 5.74) is 1.81. The number of hydrogen-bond acceptors (Lipinski definition) is 2. The average Bonchev–Trinajstić information content (AvgIpc) is 2.33. The van der Waals surface area contributed by atoms with E-state index in [0.29, 0.717) is 12.5 Å². The van der Waals surface area contributed by atoms with Gasteiger partial charge in [-0.3, -0.25) is 0 Å². The fraction of sp³-hybridized carbons (Fsp3) is 0.647. The second-order valence-electron chi connectivity index (χ2n) is 6.78. The quantitative estimate of drug-likeness (QED) is 0.840. The molecule has 0 spiro atoms. The van der Waals surface area contributed by atoms with Crippen LogP contribution in [0.25, 0.3) is 0 Å². The summed E-state index contributed by atoms with van der Waals surface area (Å²) in [6.07, 6.45) is 0. The lowest BCUT2D eigenvalue weighted by atomic mass is 10.1. The van der Waals surface area contributed by atoms with Gasteiger partial charge in [0.05, 0.1) is 5.69 Å². The Kier molecular flexibility index (Phi) is 6.00. The number of halogens is 1. The number of rotatable bonds is 6. The fourth-order valence-corrected chi connectivity index (χ4v) is 2.24. The second-order valence-corrected chi connectivity index (χ2v) is 6.78. The molecule has 1 aromatic rings. The van der Waals surface area contributed by atoms with E-state index in [-0.39, 0.29) is 11.4 Å². The lowest BCUT2D eigenvalue weighted by molar-refractivity contribution is 0.423. The molecule has 0 atom stereocenters.